The molecule has 224 valence electrons. The van der Waals surface area contributed by atoms with E-state index in [1.165, 1.54) is 24.3 Å². The fourth-order valence-corrected chi connectivity index (χ4v) is 3.05. The third-order valence-corrected chi connectivity index (χ3v) is 5.69. The molecule has 0 amide bonds. The molecule has 0 fully saturated rings. The maximum Gasteiger partial charge on any atom is 0.330 e. The molecule has 1 atom stereocenters. The Labute approximate surface area is 243 Å². The Morgan fingerprint density at radius 1 is 0.488 bits per heavy atom. The van der Waals surface area contributed by atoms with E-state index in [0.717, 1.165) is 12.2 Å². The van der Waals surface area contributed by atoms with E-state index in [9.17, 15) is 14.4 Å². The van der Waals surface area contributed by atoms with Crippen LogP contribution >= 0.6 is 0 Å². The molecule has 0 N–H and O–H groups in total. The molecule has 0 radical (unpaired) electrons. The predicted molar refractivity (Wildman–Crippen MR) is 158 cm³/mol. The van der Waals surface area contributed by atoms with Crippen molar-refractivity contribution in [3.63, 3.8) is 0 Å². The lowest BCUT2D eigenvalue weighted by Crippen LogP contribution is -2.44. The van der Waals surface area contributed by atoms with E-state index < -0.39 is 22.8 Å². The van der Waals surface area contributed by atoms with Crippen molar-refractivity contribution in [2.75, 3.05) is 46.2 Å². The first-order valence-electron chi connectivity index (χ1n) is 12.6. The van der Waals surface area contributed by atoms with Crippen LogP contribution in [0.5, 0.6) is 0 Å². The van der Waals surface area contributed by atoms with E-state index in [-0.39, 0.29) is 82.2 Å². The summed E-state index contributed by atoms with van der Waals surface area (Å²) in [5, 5.41) is 0. The first-order valence-corrected chi connectivity index (χ1v) is 12.6. The maximum absolute atomic E-state index is 12.1. The van der Waals surface area contributed by atoms with Crippen LogP contribution in [0.1, 0.15) is 12.8 Å². The van der Waals surface area contributed by atoms with Gasteiger partial charge in [0.1, 0.15) is 43.7 Å². The fraction of sp³-hybridized carbons (Fsp3) is 0.344. The second-order valence-electron chi connectivity index (χ2n) is 9.16. The second-order valence-corrected chi connectivity index (χ2v) is 9.16. The molecular formula is C32H42O9. The summed E-state index contributed by atoms with van der Waals surface area (Å²) in [4.78, 5) is 36.0. The average Bonchev–Trinajstić information content (AvgIpc) is 3.00. The van der Waals surface area contributed by atoms with Crippen molar-refractivity contribution in [3.05, 3.63) is 113 Å². The SMILES string of the molecule is C=CC(=C)OCC(CCC(=O)C=C)(COCC(COC(=C)C=C)(COC(=C)C=C)COC(=O)C=C)COC(=O)C=C. The number of ether oxygens (including phenoxy) is 6. The van der Waals surface area contributed by atoms with Crippen LogP contribution in [0.2, 0.25) is 0 Å². The Kier molecular flexibility index (Phi) is 17.6. The molecule has 9 nitrogen and oxygen atoms in total. The standard InChI is InChI=1S/C32H42O9/c1-10-25(7)37-20-31(17-16-28(33)13-4,21-40-29(34)14-5)18-36-19-32(22-38-26(8)11-2,23-39-27(9)12-3)24-41-30(35)15-6/h10-15H,1-9,16-24H2. The third kappa shape index (κ3) is 15.1. The molecule has 0 saturated carbocycles. The van der Waals surface area contributed by atoms with Gasteiger partial charge in [-0.05, 0) is 30.7 Å². The molecule has 0 bridgehead atoms. The number of hydrogen-bond donors (Lipinski definition) is 0. The first kappa shape index (κ1) is 36.6. The van der Waals surface area contributed by atoms with Gasteiger partial charge in [0.15, 0.2) is 5.78 Å². The highest BCUT2D eigenvalue weighted by atomic mass is 16.6. The molecular weight excluding hydrogens is 528 g/mol. The largest absolute Gasteiger partial charge is 0.493 e. The van der Waals surface area contributed by atoms with E-state index in [1.54, 1.807) is 0 Å². The van der Waals surface area contributed by atoms with Gasteiger partial charge in [-0.15, -0.1) is 0 Å². The molecule has 0 rings (SSSR count). The van der Waals surface area contributed by atoms with Gasteiger partial charge in [-0.2, -0.15) is 0 Å². The molecule has 0 aliphatic rings. The third-order valence-electron chi connectivity index (χ3n) is 5.69. The lowest BCUT2D eigenvalue weighted by Gasteiger charge is -2.36. The Bertz CT molecular complexity index is 819. The van der Waals surface area contributed by atoms with Crippen molar-refractivity contribution < 1.29 is 42.8 Å². The Morgan fingerprint density at radius 3 is 1.24 bits per heavy atom. The zero-order valence-electron chi connectivity index (χ0n) is 23.9. The minimum absolute atomic E-state index is 0.0291. The molecule has 1 unspecified atom stereocenters. The number of esters is 2. The average molecular weight is 571 g/mol. The summed E-state index contributed by atoms with van der Waals surface area (Å²) in [5.74, 6) is -0.716. The van der Waals surface area contributed by atoms with Crippen molar-refractivity contribution >= 4 is 17.7 Å². The van der Waals surface area contributed by atoms with E-state index in [1.807, 2.05) is 0 Å². The smallest absolute Gasteiger partial charge is 0.330 e. The van der Waals surface area contributed by atoms with Crippen molar-refractivity contribution in [2.45, 2.75) is 12.8 Å². The normalized spacial score (nSPS) is 11.8. The Balaban J connectivity index is 6.30. The van der Waals surface area contributed by atoms with Gasteiger partial charge in [0.2, 0.25) is 0 Å². The number of allylic oxidation sites excluding steroid dienone is 4. The quantitative estimate of drug-likeness (QED) is 0.0606. The van der Waals surface area contributed by atoms with Gasteiger partial charge in [0, 0.05) is 18.6 Å². The zero-order valence-corrected chi connectivity index (χ0v) is 23.9. The fourth-order valence-electron chi connectivity index (χ4n) is 3.05. The Hall–Kier alpha value is -4.37. The number of hydrogen-bond acceptors (Lipinski definition) is 9. The molecule has 0 aromatic heterocycles. The van der Waals surface area contributed by atoms with E-state index >= 15 is 0 Å². The summed E-state index contributed by atoms with van der Waals surface area (Å²) >= 11 is 0. The van der Waals surface area contributed by atoms with Gasteiger partial charge < -0.3 is 28.4 Å². The highest BCUT2D eigenvalue weighted by Crippen LogP contribution is 2.30. The number of ketones is 1. The molecule has 0 heterocycles. The Morgan fingerprint density at radius 2 is 0.854 bits per heavy atom. The molecule has 41 heavy (non-hydrogen) atoms. The summed E-state index contributed by atoms with van der Waals surface area (Å²) in [6.45, 7) is 31.9. The van der Waals surface area contributed by atoms with Gasteiger partial charge in [-0.25, -0.2) is 9.59 Å². The number of rotatable bonds is 26. The molecule has 9 heteroatoms. The molecule has 0 aliphatic heterocycles. The van der Waals surface area contributed by atoms with E-state index in [4.69, 9.17) is 28.4 Å². The van der Waals surface area contributed by atoms with E-state index in [0.29, 0.717) is 0 Å². The monoisotopic (exact) mass is 570 g/mol. The maximum atomic E-state index is 12.1. The van der Waals surface area contributed by atoms with Crippen LogP contribution in [0.3, 0.4) is 0 Å². The summed E-state index contributed by atoms with van der Waals surface area (Å²) in [7, 11) is 0. The van der Waals surface area contributed by atoms with Crippen molar-refractivity contribution in [3.8, 4) is 0 Å². The minimum Gasteiger partial charge on any atom is -0.493 e. The van der Waals surface area contributed by atoms with Crippen LogP contribution in [-0.2, 0) is 42.8 Å². The molecule has 0 aromatic carbocycles. The van der Waals surface area contributed by atoms with Crippen LogP contribution in [0.4, 0.5) is 0 Å². The van der Waals surface area contributed by atoms with E-state index in [2.05, 4.69) is 59.2 Å². The first-order chi connectivity index (χ1) is 19.4. The zero-order chi connectivity index (χ0) is 31.3. The minimum atomic E-state index is -1.08. The van der Waals surface area contributed by atoms with Gasteiger partial charge >= 0.3 is 11.9 Å². The predicted octanol–water partition coefficient (Wildman–Crippen LogP) is 5.12. The summed E-state index contributed by atoms with van der Waals surface area (Å²) in [6, 6.07) is 0. The highest BCUT2D eigenvalue weighted by molar-refractivity contribution is 5.89. The summed E-state index contributed by atoms with van der Waals surface area (Å²) < 4.78 is 34.1. The van der Waals surface area contributed by atoms with Crippen LogP contribution in [0, 0.1) is 10.8 Å². The van der Waals surface area contributed by atoms with Crippen molar-refractivity contribution in [2.24, 2.45) is 10.8 Å². The second kappa shape index (κ2) is 19.7. The summed E-state index contributed by atoms with van der Waals surface area (Å²) in [5.41, 5.74) is -2.09. The topological polar surface area (TPSA) is 107 Å². The molecule has 0 saturated heterocycles. The van der Waals surface area contributed by atoms with Crippen LogP contribution < -0.4 is 0 Å². The summed E-state index contributed by atoms with van der Waals surface area (Å²) in [6.07, 6.45) is 7.80. The lowest BCUT2D eigenvalue weighted by atomic mass is 9.84. The van der Waals surface area contributed by atoms with Gasteiger partial charge in [-0.1, -0.05) is 59.2 Å². The van der Waals surface area contributed by atoms with Crippen LogP contribution in [0.15, 0.2) is 113 Å². The van der Waals surface area contributed by atoms with Crippen molar-refractivity contribution in [1.29, 1.82) is 0 Å². The van der Waals surface area contributed by atoms with Gasteiger partial charge in [-0.3, -0.25) is 4.79 Å². The number of carbonyl (C=O) groups is 3. The van der Waals surface area contributed by atoms with Crippen LogP contribution in [0.25, 0.3) is 0 Å². The molecule has 0 aromatic rings. The van der Waals surface area contributed by atoms with Gasteiger partial charge in [0.05, 0.1) is 30.7 Å². The van der Waals surface area contributed by atoms with Gasteiger partial charge in [0.25, 0.3) is 0 Å². The molecule has 0 spiro atoms. The molecule has 0 aliphatic carbocycles. The highest BCUT2D eigenvalue weighted by Gasteiger charge is 2.39. The lowest BCUT2D eigenvalue weighted by molar-refractivity contribution is -0.152. The number of carbonyl (C=O) groups excluding carboxylic acids is 3. The van der Waals surface area contributed by atoms with Crippen LogP contribution in [-0.4, -0.2) is 64.0 Å². The van der Waals surface area contributed by atoms with Crippen molar-refractivity contribution in [1.82, 2.24) is 0 Å².